The fraction of sp³-hybridized carbons (Fsp3) is 0.429. The molecule has 1 N–H and O–H groups in total. The number of aryl methyl sites for hydroxylation is 1. The Balaban J connectivity index is 2.47. The van der Waals surface area contributed by atoms with Crippen LogP contribution in [0, 0.1) is 6.92 Å². The minimum absolute atomic E-state index is 0.0530. The molecule has 6 nitrogen and oxygen atoms in total. The maximum Gasteiger partial charge on any atom is 0.274 e. The number of hydrogen-bond acceptors (Lipinski definition) is 6. The van der Waals surface area contributed by atoms with Crippen LogP contribution in [0.15, 0.2) is 35.5 Å². The Morgan fingerprint density at radius 1 is 1.43 bits per heavy atom. The number of anilines is 1. The number of allylic oxidation sites excluding steroid dienone is 2. The lowest BCUT2D eigenvalue weighted by Gasteiger charge is -2.20. The van der Waals surface area contributed by atoms with E-state index < -0.39 is 0 Å². The third-order valence-electron chi connectivity index (χ3n) is 4.22. The van der Waals surface area contributed by atoms with Crippen molar-refractivity contribution < 1.29 is 4.79 Å². The van der Waals surface area contributed by atoms with Crippen molar-refractivity contribution in [2.75, 3.05) is 18.4 Å². The summed E-state index contributed by atoms with van der Waals surface area (Å²) in [6, 6.07) is 1.86. The number of nitrogens with one attached hydrogen (secondary N) is 1. The molecule has 2 rings (SSSR count). The van der Waals surface area contributed by atoms with Crippen LogP contribution in [0.2, 0.25) is 0 Å². The van der Waals surface area contributed by atoms with E-state index in [9.17, 15) is 4.79 Å². The second-order valence-electron chi connectivity index (χ2n) is 6.43. The van der Waals surface area contributed by atoms with Gasteiger partial charge in [0.15, 0.2) is 5.69 Å². The summed E-state index contributed by atoms with van der Waals surface area (Å²) < 4.78 is 0.837. The van der Waals surface area contributed by atoms with Crippen LogP contribution in [0.5, 0.6) is 0 Å². The van der Waals surface area contributed by atoms with E-state index in [0.717, 1.165) is 27.2 Å². The number of thiophene rings is 1. The summed E-state index contributed by atoms with van der Waals surface area (Å²) in [4.78, 5) is 29.7. The molecule has 0 saturated carbocycles. The van der Waals surface area contributed by atoms with Crippen LogP contribution < -0.4 is 5.32 Å². The minimum Gasteiger partial charge on any atom is -0.346 e. The second kappa shape index (κ2) is 10.1. The summed E-state index contributed by atoms with van der Waals surface area (Å²) in [5.74, 6) is 0.373. The predicted octanol–water partition coefficient (Wildman–Crippen LogP) is 4.83. The number of aliphatic imine (C=N–C) groups is 1. The van der Waals surface area contributed by atoms with E-state index in [4.69, 9.17) is 0 Å². The van der Waals surface area contributed by atoms with E-state index in [2.05, 4.69) is 33.8 Å². The van der Waals surface area contributed by atoms with Crippen molar-refractivity contribution in [2.45, 2.75) is 47.1 Å². The van der Waals surface area contributed by atoms with E-state index in [-0.39, 0.29) is 11.9 Å². The molecule has 28 heavy (non-hydrogen) atoms. The van der Waals surface area contributed by atoms with Crippen LogP contribution in [0.25, 0.3) is 10.2 Å². The number of carbonyl (C=O) groups excluding carboxylic acids is 1. The zero-order valence-corrected chi connectivity index (χ0v) is 18.1. The van der Waals surface area contributed by atoms with Gasteiger partial charge >= 0.3 is 0 Å². The summed E-state index contributed by atoms with van der Waals surface area (Å²) >= 11 is 1.55. The molecule has 1 unspecified atom stereocenters. The average Bonchev–Trinajstić information content (AvgIpc) is 3.04. The molecule has 0 fully saturated rings. The fourth-order valence-corrected chi connectivity index (χ4v) is 3.85. The van der Waals surface area contributed by atoms with Gasteiger partial charge in [0.05, 0.1) is 22.0 Å². The van der Waals surface area contributed by atoms with Gasteiger partial charge in [0, 0.05) is 24.2 Å². The Morgan fingerprint density at radius 3 is 2.79 bits per heavy atom. The van der Waals surface area contributed by atoms with Crippen LogP contribution in [-0.4, -0.2) is 46.1 Å². The predicted molar refractivity (Wildman–Crippen MR) is 120 cm³/mol. The van der Waals surface area contributed by atoms with Gasteiger partial charge in [0.2, 0.25) is 5.95 Å². The number of rotatable bonds is 9. The maximum absolute atomic E-state index is 13.1. The second-order valence-corrected chi connectivity index (χ2v) is 7.69. The first kappa shape index (κ1) is 21.8. The highest BCUT2D eigenvalue weighted by molar-refractivity contribution is 7.19. The van der Waals surface area contributed by atoms with Crippen molar-refractivity contribution in [1.82, 2.24) is 14.9 Å². The Bertz CT molecular complexity index is 900. The summed E-state index contributed by atoms with van der Waals surface area (Å²) in [7, 11) is 0. The van der Waals surface area contributed by atoms with E-state index in [1.165, 1.54) is 0 Å². The summed E-state index contributed by atoms with van der Waals surface area (Å²) in [6.45, 7) is 15.0. The summed E-state index contributed by atoms with van der Waals surface area (Å²) in [5, 5.41) is 3.28. The first-order valence-corrected chi connectivity index (χ1v) is 10.4. The molecule has 0 radical (unpaired) electrons. The average molecular weight is 400 g/mol. The highest BCUT2D eigenvalue weighted by Gasteiger charge is 2.22. The van der Waals surface area contributed by atoms with Gasteiger partial charge in [0.25, 0.3) is 5.91 Å². The van der Waals surface area contributed by atoms with Gasteiger partial charge in [-0.25, -0.2) is 9.97 Å². The van der Waals surface area contributed by atoms with Crippen molar-refractivity contribution in [3.63, 3.8) is 0 Å². The van der Waals surface area contributed by atoms with Crippen LogP contribution in [-0.2, 0) is 0 Å². The van der Waals surface area contributed by atoms with Gasteiger partial charge in [0.1, 0.15) is 0 Å². The summed E-state index contributed by atoms with van der Waals surface area (Å²) in [6.07, 6.45) is 6.19. The van der Waals surface area contributed by atoms with Crippen molar-refractivity contribution in [1.29, 1.82) is 0 Å². The molecule has 0 saturated heterocycles. The fourth-order valence-electron chi connectivity index (χ4n) is 2.92. The molecular formula is C21H29N5OS. The van der Waals surface area contributed by atoms with Crippen molar-refractivity contribution in [2.24, 2.45) is 4.99 Å². The molecule has 2 heterocycles. The smallest absolute Gasteiger partial charge is 0.274 e. The number of aromatic nitrogens is 2. The van der Waals surface area contributed by atoms with Crippen molar-refractivity contribution in [3.05, 3.63) is 41.1 Å². The molecule has 2 aromatic heterocycles. The largest absolute Gasteiger partial charge is 0.346 e. The van der Waals surface area contributed by atoms with Crippen LogP contribution in [0.1, 0.15) is 49.5 Å². The molecule has 0 spiro atoms. The molecule has 0 bridgehead atoms. The number of nitrogens with zero attached hydrogens (tertiary/aromatic N) is 4. The molecule has 7 heteroatoms. The van der Waals surface area contributed by atoms with Crippen LogP contribution in [0.4, 0.5) is 5.95 Å². The zero-order valence-electron chi connectivity index (χ0n) is 17.3. The highest BCUT2D eigenvalue weighted by Crippen LogP contribution is 2.28. The Morgan fingerprint density at radius 2 is 2.18 bits per heavy atom. The van der Waals surface area contributed by atoms with Crippen molar-refractivity contribution >= 4 is 39.6 Å². The van der Waals surface area contributed by atoms with Gasteiger partial charge in [-0.05, 0) is 46.3 Å². The number of carbonyl (C=O) groups is 1. The normalized spacial score (nSPS) is 13.1. The lowest BCUT2D eigenvalue weighted by Crippen LogP contribution is -2.32. The Hall–Kier alpha value is -2.54. The summed E-state index contributed by atoms with van der Waals surface area (Å²) in [5.41, 5.74) is 2.06. The molecule has 0 aliphatic rings. The van der Waals surface area contributed by atoms with Crippen LogP contribution >= 0.6 is 11.3 Å². The van der Waals surface area contributed by atoms with E-state index in [1.807, 2.05) is 44.7 Å². The number of fused-ring (bicyclic) bond motifs is 1. The molecule has 1 atom stereocenters. The van der Waals surface area contributed by atoms with E-state index in [0.29, 0.717) is 24.7 Å². The highest BCUT2D eigenvalue weighted by atomic mass is 32.1. The first-order chi connectivity index (χ1) is 13.4. The first-order valence-electron chi connectivity index (χ1n) is 9.60. The van der Waals surface area contributed by atoms with E-state index >= 15 is 0 Å². The molecule has 0 aliphatic carbocycles. The standard InChI is InChI=1S/C21H29N5OS/c1-7-11-16(22-9-3)15(6)23-21-24-17-13-14(5)28-19(17)18(25-21)20(27)26(10-4)12-8-2/h7,9,11,13,15H,1,8,10,12H2,2-6H3,(H,23,24,25)/b16-11-,22-9?. The third-order valence-corrected chi connectivity index (χ3v) is 5.26. The van der Waals surface area contributed by atoms with E-state index in [1.54, 1.807) is 23.6 Å². The molecule has 0 aliphatic heterocycles. The quantitative estimate of drug-likeness (QED) is 0.484. The molecular weight excluding hydrogens is 370 g/mol. The topological polar surface area (TPSA) is 70.5 Å². The third kappa shape index (κ3) is 5.04. The molecule has 0 aromatic carbocycles. The van der Waals surface area contributed by atoms with Crippen LogP contribution in [0.3, 0.4) is 0 Å². The Kier molecular flexibility index (Phi) is 7.87. The number of amides is 1. The van der Waals surface area contributed by atoms with Gasteiger partial charge in [-0.3, -0.25) is 9.79 Å². The van der Waals surface area contributed by atoms with Gasteiger partial charge in [-0.2, -0.15) is 0 Å². The van der Waals surface area contributed by atoms with Gasteiger partial charge in [-0.15, -0.1) is 11.3 Å². The van der Waals surface area contributed by atoms with Crippen molar-refractivity contribution in [3.8, 4) is 0 Å². The minimum atomic E-state index is -0.132. The monoisotopic (exact) mass is 399 g/mol. The SMILES string of the molecule is C=C/C=C(\N=CC)C(C)Nc1nc(C(=O)N(CC)CCC)c2sc(C)cc2n1. The molecule has 150 valence electrons. The Labute approximate surface area is 171 Å². The number of hydrogen-bond donors (Lipinski definition) is 1. The lowest BCUT2D eigenvalue weighted by atomic mass is 10.2. The lowest BCUT2D eigenvalue weighted by molar-refractivity contribution is 0.0761. The molecule has 2 aromatic rings. The molecule has 1 amide bonds. The van der Waals surface area contributed by atoms with Gasteiger partial charge < -0.3 is 10.2 Å². The van der Waals surface area contributed by atoms with Gasteiger partial charge in [-0.1, -0.05) is 19.6 Å². The maximum atomic E-state index is 13.1. The zero-order chi connectivity index (χ0) is 20.7.